The number of hydrogen-bond donors (Lipinski definition) is 1. The van der Waals surface area contributed by atoms with Crippen LogP contribution in [0.1, 0.15) is 32.8 Å². The fraction of sp³-hybridized carbons (Fsp3) is 0.533. The van der Waals surface area contributed by atoms with Gasteiger partial charge in [-0.25, -0.2) is 4.79 Å². The number of benzene rings is 1. The molecule has 0 aliphatic carbocycles. The van der Waals surface area contributed by atoms with E-state index < -0.39 is 6.10 Å². The molecule has 1 aromatic rings. The van der Waals surface area contributed by atoms with Crippen LogP contribution in [0.25, 0.3) is 0 Å². The lowest BCUT2D eigenvalue weighted by molar-refractivity contribution is -0.151. The van der Waals surface area contributed by atoms with Crippen LogP contribution in [-0.4, -0.2) is 25.2 Å². The van der Waals surface area contributed by atoms with E-state index in [1.54, 1.807) is 6.92 Å². The van der Waals surface area contributed by atoms with Gasteiger partial charge >= 0.3 is 5.97 Å². The summed E-state index contributed by atoms with van der Waals surface area (Å²) in [7, 11) is 0. The first-order valence-electron chi connectivity index (χ1n) is 6.84. The fourth-order valence-corrected chi connectivity index (χ4v) is 1.71. The van der Waals surface area contributed by atoms with Crippen LogP contribution in [-0.2, 0) is 16.1 Å². The summed E-state index contributed by atoms with van der Waals surface area (Å²) < 4.78 is 10.8. The molecule has 0 saturated heterocycles. The molecule has 0 spiro atoms. The lowest BCUT2D eigenvalue weighted by Gasteiger charge is -2.18. The van der Waals surface area contributed by atoms with Crippen molar-refractivity contribution in [2.75, 3.05) is 13.2 Å². The first-order chi connectivity index (χ1) is 9.22. The van der Waals surface area contributed by atoms with Crippen molar-refractivity contribution in [3.05, 3.63) is 29.8 Å². The van der Waals surface area contributed by atoms with E-state index in [1.165, 1.54) is 0 Å². The molecule has 1 unspecified atom stereocenters. The molecule has 0 saturated carbocycles. The predicted octanol–water partition coefficient (Wildman–Crippen LogP) is 2.52. The van der Waals surface area contributed by atoms with Crippen molar-refractivity contribution in [1.29, 1.82) is 0 Å². The van der Waals surface area contributed by atoms with Crippen LogP contribution in [0.5, 0.6) is 5.75 Å². The van der Waals surface area contributed by atoms with Gasteiger partial charge in [-0.2, -0.15) is 0 Å². The molecule has 0 amide bonds. The number of para-hydroxylation sites is 1. The number of carbonyl (C=O) groups excluding carboxylic acids is 1. The number of rotatable bonds is 8. The highest BCUT2D eigenvalue weighted by molar-refractivity contribution is 5.75. The smallest absolute Gasteiger partial charge is 0.347 e. The van der Waals surface area contributed by atoms with Gasteiger partial charge in [-0.05, 0) is 26.0 Å². The van der Waals surface area contributed by atoms with Crippen LogP contribution in [0, 0.1) is 0 Å². The minimum atomic E-state index is -0.539. The van der Waals surface area contributed by atoms with Gasteiger partial charge in [0, 0.05) is 12.1 Å². The van der Waals surface area contributed by atoms with E-state index in [9.17, 15) is 4.79 Å². The van der Waals surface area contributed by atoms with Crippen molar-refractivity contribution < 1.29 is 14.3 Å². The summed E-state index contributed by atoms with van der Waals surface area (Å²) in [6.45, 7) is 7.75. The van der Waals surface area contributed by atoms with Crippen LogP contribution >= 0.6 is 0 Å². The zero-order valence-electron chi connectivity index (χ0n) is 11.9. The second-order valence-electron chi connectivity index (χ2n) is 4.15. The van der Waals surface area contributed by atoms with Gasteiger partial charge in [0.1, 0.15) is 5.75 Å². The Morgan fingerprint density at radius 1 is 1.26 bits per heavy atom. The Kier molecular flexibility index (Phi) is 6.97. The van der Waals surface area contributed by atoms with Gasteiger partial charge in [0.05, 0.1) is 6.61 Å². The molecule has 1 rings (SSSR count). The average Bonchev–Trinajstić information content (AvgIpc) is 2.43. The van der Waals surface area contributed by atoms with Crippen LogP contribution in [0.2, 0.25) is 0 Å². The molecule has 4 heteroatoms. The van der Waals surface area contributed by atoms with Gasteiger partial charge in [0.25, 0.3) is 0 Å². The van der Waals surface area contributed by atoms with E-state index in [1.807, 2.05) is 31.2 Å². The Labute approximate surface area is 115 Å². The van der Waals surface area contributed by atoms with Gasteiger partial charge in [-0.15, -0.1) is 0 Å². The third-order valence-electron chi connectivity index (χ3n) is 2.73. The maximum absolute atomic E-state index is 11.7. The zero-order chi connectivity index (χ0) is 14.1. The largest absolute Gasteiger partial charge is 0.478 e. The van der Waals surface area contributed by atoms with Crippen molar-refractivity contribution in [1.82, 2.24) is 5.32 Å². The topological polar surface area (TPSA) is 47.6 Å². The molecule has 0 heterocycles. The Morgan fingerprint density at radius 2 is 2.00 bits per heavy atom. The van der Waals surface area contributed by atoms with Crippen molar-refractivity contribution in [2.24, 2.45) is 0 Å². The highest BCUT2D eigenvalue weighted by Gasteiger charge is 2.20. The lowest BCUT2D eigenvalue weighted by atomic mass is 10.2. The predicted molar refractivity (Wildman–Crippen MR) is 75.2 cm³/mol. The third-order valence-corrected chi connectivity index (χ3v) is 2.73. The van der Waals surface area contributed by atoms with Crippen molar-refractivity contribution in [3.8, 4) is 5.75 Å². The van der Waals surface area contributed by atoms with Crippen LogP contribution in [0.3, 0.4) is 0 Å². The van der Waals surface area contributed by atoms with E-state index in [0.717, 1.165) is 24.4 Å². The number of carbonyl (C=O) groups is 1. The molecule has 4 nitrogen and oxygen atoms in total. The average molecular weight is 265 g/mol. The summed E-state index contributed by atoms with van der Waals surface area (Å²) >= 11 is 0. The van der Waals surface area contributed by atoms with E-state index in [4.69, 9.17) is 9.47 Å². The Hall–Kier alpha value is -1.55. The van der Waals surface area contributed by atoms with Gasteiger partial charge in [0.15, 0.2) is 6.10 Å². The summed E-state index contributed by atoms with van der Waals surface area (Å²) in [5, 5.41) is 3.25. The molecule has 1 aromatic carbocycles. The van der Waals surface area contributed by atoms with E-state index in [-0.39, 0.29) is 5.97 Å². The summed E-state index contributed by atoms with van der Waals surface area (Å²) in [4.78, 5) is 11.7. The van der Waals surface area contributed by atoms with E-state index in [0.29, 0.717) is 13.0 Å². The number of esters is 1. The fourth-order valence-electron chi connectivity index (χ4n) is 1.71. The summed E-state index contributed by atoms with van der Waals surface area (Å²) in [6, 6.07) is 7.75. The highest BCUT2D eigenvalue weighted by atomic mass is 16.6. The molecule has 0 aromatic heterocycles. The molecular weight excluding hydrogens is 242 g/mol. The highest BCUT2D eigenvalue weighted by Crippen LogP contribution is 2.20. The first-order valence-corrected chi connectivity index (χ1v) is 6.84. The summed E-state index contributed by atoms with van der Waals surface area (Å²) in [6.07, 6.45) is 0.0525. The second kappa shape index (κ2) is 8.53. The maximum atomic E-state index is 11.7. The second-order valence-corrected chi connectivity index (χ2v) is 4.15. The Bertz CT molecular complexity index is 393. The molecule has 0 fully saturated rings. The maximum Gasteiger partial charge on any atom is 0.347 e. The van der Waals surface area contributed by atoms with E-state index in [2.05, 4.69) is 12.2 Å². The minimum absolute atomic E-state index is 0.303. The Morgan fingerprint density at radius 3 is 2.63 bits per heavy atom. The Balaban J connectivity index is 2.75. The monoisotopic (exact) mass is 265 g/mol. The minimum Gasteiger partial charge on any atom is -0.478 e. The SMILES string of the molecule is CCNCc1ccccc1OC(CC)C(=O)OCC. The summed E-state index contributed by atoms with van der Waals surface area (Å²) in [5.41, 5.74) is 1.05. The van der Waals surface area contributed by atoms with Gasteiger partial charge in [-0.3, -0.25) is 0 Å². The van der Waals surface area contributed by atoms with Crippen LogP contribution < -0.4 is 10.1 Å². The normalized spacial score (nSPS) is 11.9. The molecule has 1 atom stereocenters. The zero-order valence-corrected chi connectivity index (χ0v) is 11.9. The van der Waals surface area contributed by atoms with Crippen LogP contribution in [0.4, 0.5) is 0 Å². The molecule has 0 bridgehead atoms. The molecular formula is C15H23NO3. The molecule has 19 heavy (non-hydrogen) atoms. The number of hydrogen-bond acceptors (Lipinski definition) is 4. The van der Waals surface area contributed by atoms with Crippen LogP contribution in [0.15, 0.2) is 24.3 Å². The summed E-state index contributed by atoms with van der Waals surface area (Å²) in [5.74, 6) is 0.437. The molecule has 0 aliphatic rings. The standard InChI is InChI=1S/C15H23NO3/c1-4-13(15(17)18-6-3)19-14-10-8-7-9-12(14)11-16-5-2/h7-10,13,16H,4-6,11H2,1-3H3. The third kappa shape index (κ3) is 4.91. The first kappa shape index (κ1) is 15.5. The van der Waals surface area contributed by atoms with Gasteiger partial charge in [-0.1, -0.05) is 32.0 Å². The molecule has 0 radical (unpaired) electrons. The molecule has 1 N–H and O–H groups in total. The quantitative estimate of drug-likeness (QED) is 0.734. The van der Waals surface area contributed by atoms with E-state index >= 15 is 0 Å². The number of nitrogens with one attached hydrogen (secondary N) is 1. The van der Waals surface area contributed by atoms with Gasteiger partial charge in [0.2, 0.25) is 0 Å². The number of ether oxygens (including phenoxy) is 2. The molecule has 0 aliphatic heterocycles. The van der Waals surface area contributed by atoms with Crippen molar-refractivity contribution in [2.45, 2.75) is 39.8 Å². The lowest BCUT2D eigenvalue weighted by Crippen LogP contribution is -2.29. The molecule has 106 valence electrons. The van der Waals surface area contributed by atoms with Crippen molar-refractivity contribution in [3.63, 3.8) is 0 Å². The van der Waals surface area contributed by atoms with Gasteiger partial charge < -0.3 is 14.8 Å². The van der Waals surface area contributed by atoms with Crippen molar-refractivity contribution >= 4 is 5.97 Å².